The number of aliphatic imine (C=N–C) groups is 2. The Morgan fingerprint density at radius 1 is 0.444 bits per heavy atom. The van der Waals surface area contributed by atoms with Crippen molar-refractivity contribution in [3.8, 4) is 0 Å². The van der Waals surface area contributed by atoms with Crippen LogP contribution in [-0.4, -0.2) is 75.2 Å². The maximum absolute atomic E-state index is 5.06. The zero-order valence-corrected chi connectivity index (χ0v) is 54.1. The smallest absolute Gasteiger partial charge is 0.166 e. The first kappa shape index (κ1) is 83.9. The van der Waals surface area contributed by atoms with E-state index in [1.54, 1.807) is 0 Å². The number of hydrogen-bond donors (Lipinski definition) is 3. The van der Waals surface area contributed by atoms with Gasteiger partial charge in [0.25, 0.3) is 0 Å². The first-order valence-electron chi connectivity index (χ1n) is 30.5. The van der Waals surface area contributed by atoms with Crippen LogP contribution < -0.4 is 16.3 Å². The van der Waals surface area contributed by atoms with Crippen LogP contribution in [0.1, 0.15) is 271 Å². The molecule has 0 radical (unpaired) electrons. The molecule has 6 aliphatic heterocycles. The molecule has 0 aromatic carbocycles. The van der Waals surface area contributed by atoms with E-state index < -0.39 is 0 Å². The van der Waals surface area contributed by atoms with Gasteiger partial charge in [-0.1, -0.05) is 230 Å². The lowest BCUT2D eigenvalue weighted by molar-refractivity contribution is 0.0939. The van der Waals surface area contributed by atoms with Crippen LogP contribution in [0.25, 0.3) is 0 Å². The summed E-state index contributed by atoms with van der Waals surface area (Å²) in [7, 11) is 0. The Morgan fingerprint density at radius 3 is 1.18 bits per heavy atom. The van der Waals surface area contributed by atoms with Gasteiger partial charge in [0.15, 0.2) is 6.73 Å². The molecule has 2 atom stereocenters. The van der Waals surface area contributed by atoms with Gasteiger partial charge >= 0.3 is 0 Å². The lowest BCUT2D eigenvalue weighted by atomic mass is 9.78. The third-order valence-electron chi connectivity index (χ3n) is 11.6. The van der Waals surface area contributed by atoms with Crippen LogP contribution in [-0.2, 0) is 19.4 Å². The molecular weight excluding hydrogens is 895 g/mol. The van der Waals surface area contributed by atoms with Gasteiger partial charge in [0.1, 0.15) is 19.0 Å². The molecule has 6 heterocycles. The largest absolute Gasteiger partial charge is 0.396 e. The zero-order valence-electron chi connectivity index (χ0n) is 54.1. The molecule has 11 nitrogen and oxygen atoms in total. The van der Waals surface area contributed by atoms with Crippen molar-refractivity contribution in [2.24, 2.45) is 73.6 Å². The highest BCUT2D eigenvalue weighted by atomic mass is 16.7. The molecule has 1 aliphatic carbocycles. The van der Waals surface area contributed by atoms with Crippen LogP contribution in [0.15, 0.2) is 20.3 Å². The summed E-state index contributed by atoms with van der Waals surface area (Å²) < 4.78 is 0. The Balaban J connectivity index is -0.000000132. The summed E-state index contributed by atoms with van der Waals surface area (Å²) in [6.07, 6.45) is 15.7. The minimum Gasteiger partial charge on any atom is -0.396 e. The fraction of sp³-hybridized carbons (Fsp3) is 0.934. The Labute approximate surface area is 453 Å². The number of hydroxylamine groups is 2. The Hall–Kier alpha value is -2.08. The number of nitrogens with one attached hydrogen (secondary N) is 3. The molecule has 7 rings (SSSR count). The van der Waals surface area contributed by atoms with Crippen molar-refractivity contribution in [2.45, 2.75) is 277 Å². The molecule has 3 fully saturated rings. The average Bonchev–Trinajstić information content (AvgIpc) is 4.15. The second kappa shape index (κ2) is 65.0. The van der Waals surface area contributed by atoms with Crippen LogP contribution in [0, 0.1) is 53.3 Å². The normalized spacial score (nSPS) is 18.8. The third kappa shape index (κ3) is 51.4. The fourth-order valence-electron chi connectivity index (χ4n) is 6.47. The van der Waals surface area contributed by atoms with Crippen molar-refractivity contribution >= 4 is 23.0 Å². The standard InChI is InChI=1S/C9H17N.C8H15NO.C7H14.C6H13NO.C6H11NO.C6H13N.C5H10N2O.7C2H6/c1-8(2)9-6-4-3-5-7-10-9;1-7(2)8-5-3-4-6-10-9-8;1-6(2)7-4-3-5-7;1-5(2)6-3-7-8-4-6;1-5(2)6-3-4-8-7-6;1-5(2)6-3-4-7-6;1-4(2)5-6-3-8-7-5;7*1-2/h8H,3-7H2,1-2H3;7H,3-6H2,1-2H3;6-7H,3-5H2,1-2H3;5-7H,3-4H2,1-2H3;5H,3-4H2,1-2H3;5-7H,3-4H2,1-2H3;4H,3H2,1-2H3,(H,6,7);7*1-2H3. The van der Waals surface area contributed by atoms with Crippen molar-refractivity contribution in [2.75, 3.05) is 46.2 Å². The molecule has 438 valence electrons. The SMILES string of the molecule is CC.CC.CC.CC.CC.CC.CC.CC(C)C1=NCCCCC1.CC(C)C1=NCON1.CC(C)C1=NOCC1.CC(C)C1=NOCCCC1.CC(C)C1CCC1.CC(C)C1CCN1.CC(C)C1CNOC1. The van der Waals surface area contributed by atoms with E-state index in [1.165, 1.54) is 81.5 Å². The van der Waals surface area contributed by atoms with E-state index in [1.807, 2.05) is 96.9 Å². The molecule has 0 amide bonds. The summed E-state index contributed by atoms with van der Waals surface area (Å²) in [5, 5.41) is 11.2. The molecule has 11 heteroatoms. The Kier molecular flexibility index (Phi) is 75.8. The molecule has 0 spiro atoms. The summed E-state index contributed by atoms with van der Waals surface area (Å²) in [5.74, 6) is 7.57. The van der Waals surface area contributed by atoms with E-state index in [0.717, 1.165) is 93.6 Å². The predicted molar refractivity (Wildman–Crippen MR) is 327 cm³/mol. The fourth-order valence-corrected chi connectivity index (χ4v) is 6.47. The van der Waals surface area contributed by atoms with Crippen molar-refractivity contribution < 1.29 is 19.4 Å². The molecule has 1 saturated carbocycles. The highest BCUT2D eigenvalue weighted by Gasteiger charge is 2.20. The highest BCUT2D eigenvalue weighted by molar-refractivity contribution is 5.87. The van der Waals surface area contributed by atoms with Crippen LogP contribution in [0.4, 0.5) is 0 Å². The monoisotopic (exact) mass is 1030 g/mol. The maximum Gasteiger partial charge on any atom is 0.166 e. The second-order valence-electron chi connectivity index (χ2n) is 19.0. The first-order valence-corrected chi connectivity index (χ1v) is 30.5. The minimum absolute atomic E-state index is 0.456. The van der Waals surface area contributed by atoms with Crippen molar-refractivity contribution in [1.29, 1.82) is 0 Å². The van der Waals surface area contributed by atoms with E-state index >= 15 is 0 Å². The van der Waals surface area contributed by atoms with Crippen LogP contribution in [0.3, 0.4) is 0 Å². The summed E-state index contributed by atoms with van der Waals surface area (Å²) in [4.78, 5) is 28.2. The topological polar surface area (TPSA) is 122 Å². The van der Waals surface area contributed by atoms with Gasteiger partial charge in [0.05, 0.1) is 18.0 Å². The molecule has 7 aliphatic rings. The lowest BCUT2D eigenvalue weighted by Crippen LogP contribution is -2.46. The highest BCUT2D eigenvalue weighted by Crippen LogP contribution is 2.32. The maximum atomic E-state index is 5.06. The van der Waals surface area contributed by atoms with Gasteiger partial charge in [-0.2, -0.15) is 0 Å². The molecule has 0 aromatic heterocycles. The summed E-state index contributed by atoms with van der Waals surface area (Å²) >= 11 is 0. The molecule has 2 saturated heterocycles. The number of nitrogens with zero attached hydrogens (tertiary/aromatic N) is 4. The van der Waals surface area contributed by atoms with Gasteiger partial charge in [-0.05, 0) is 92.9 Å². The van der Waals surface area contributed by atoms with Gasteiger partial charge in [0.2, 0.25) is 0 Å². The second-order valence-corrected chi connectivity index (χ2v) is 19.0. The molecule has 72 heavy (non-hydrogen) atoms. The number of oxime groups is 2. The average molecular weight is 1030 g/mol. The van der Waals surface area contributed by atoms with E-state index in [0.29, 0.717) is 30.4 Å². The van der Waals surface area contributed by atoms with E-state index in [-0.39, 0.29) is 0 Å². The van der Waals surface area contributed by atoms with E-state index in [2.05, 4.69) is 134 Å². The third-order valence-corrected chi connectivity index (χ3v) is 11.6. The van der Waals surface area contributed by atoms with Crippen molar-refractivity contribution in [1.82, 2.24) is 16.3 Å². The Morgan fingerprint density at radius 2 is 0.917 bits per heavy atom. The van der Waals surface area contributed by atoms with Crippen LogP contribution in [0.5, 0.6) is 0 Å². The summed E-state index contributed by atoms with van der Waals surface area (Å²) in [6, 6.07) is 0.833. The van der Waals surface area contributed by atoms with E-state index in [9.17, 15) is 0 Å². The van der Waals surface area contributed by atoms with Gasteiger partial charge < -0.3 is 19.8 Å². The van der Waals surface area contributed by atoms with Gasteiger partial charge in [-0.15, -0.1) is 0 Å². The molecule has 2 unspecified atom stereocenters. The molecule has 0 aromatic rings. The number of amidine groups is 1. The van der Waals surface area contributed by atoms with Crippen LogP contribution >= 0.6 is 0 Å². The number of hydrogen-bond acceptors (Lipinski definition) is 11. The quantitative estimate of drug-likeness (QED) is 0.232. The van der Waals surface area contributed by atoms with Gasteiger partial charge in [-0.3, -0.25) is 15.3 Å². The lowest BCUT2D eigenvalue weighted by Gasteiger charge is -2.30. The first-order chi connectivity index (χ1) is 34.6. The summed E-state index contributed by atoms with van der Waals surface area (Å²) in [5.41, 5.74) is 9.42. The zero-order chi connectivity index (χ0) is 57.3. The minimum atomic E-state index is 0.456. The Bertz CT molecular complexity index is 1060. The van der Waals surface area contributed by atoms with Gasteiger partial charge in [-0.25, -0.2) is 10.5 Å². The molecule has 0 bridgehead atoms. The van der Waals surface area contributed by atoms with Crippen LogP contribution in [0.2, 0.25) is 0 Å². The van der Waals surface area contributed by atoms with Crippen molar-refractivity contribution in [3.05, 3.63) is 0 Å². The number of rotatable bonds is 7. The summed E-state index contributed by atoms with van der Waals surface area (Å²) in [6.45, 7) is 65.1. The van der Waals surface area contributed by atoms with E-state index in [4.69, 9.17) is 19.4 Å². The van der Waals surface area contributed by atoms with Crippen molar-refractivity contribution in [3.63, 3.8) is 0 Å². The van der Waals surface area contributed by atoms with Gasteiger partial charge in [0, 0.05) is 43.1 Å². The molecule has 3 N–H and O–H groups in total. The predicted octanol–water partition coefficient (Wildman–Crippen LogP) is 18.2. The molecular formula is C61H135N7O4.